The Hall–Kier alpha value is -11.7. The maximum Gasteiger partial charge on any atom is 0.252 e. The first-order chi connectivity index (χ1) is 51.6. The first-order valence-electron chi connectivity index (χ1n) is 38.5. The largest absolute Gasteiger partial charge is 0.311 e. The van der Waals surface area contributed by atoms with Crippen LogP contribution >= 0.6 is 0 Å². The van der Waals surface area contributed by atoms with Crippen LogP contribution < -0.4 is 26.2 Å². The molecule has 0 amide bonds. The number of hydrogen-bond acceptors (Lipinski definition) is 2. The van der Waals surface area contributed by atoms with Gasteiger partial charge in [-0.2, -0.15) is 0 Å². The third kappa shape index (κ3) is 10.2. The molecule has 4 aliphatic rings. The van der Waals surface area contributed by atoms with Crippen molar-refractivity contribution in [2.45, 2.75) is 116 Å². The van der Waals surface area contributed by atoms with E-state index in [0.717, 1.165) is 63.7 Å². The van der Waals surface area contributed by atoms with E-state index in [0.29, 0.717) is 0 Å². The highest BCUT2D eigenvalue weighted by molar-refractivity contribution is 7.00. The van der Waals surface area contributed by atoms with Crippen molar-refractivity contribution < 1.29 is 0 Å². The molecule has 4 nitrogen and oxygen atoms in total. The van der Waals surface area contributed by atoms with Crippen LogP contribution in [0.3, 0.4) is 0 Å². The van der Waals surface area contributed by atoms with E-state index in [9.17, 15) is 0 Å². The molecule has 0 saturated heterocycles. The van der Waals surface area contributed by atoms with Gasteiger partial charge in [0, 0.05) is 61.4 Å². The SMILES string of the molecule is CC(C)(C)c1cccc(-c2ccc3c(c2)N(c2ccc(-c4ccc5c(c4)C(C)(C)CC5(C)C)cc2)c2cc(-n4c5ccccc5c5ccccc54)cc4c2B3c2ccc(-n3c5ccc(-c6ccccc6)cc5c5cc(-c6ccccc6)ccc53)cc2N4c2ccc(-c3ccc4c(c3)C(C)(C)CC4(C)C)cc2)c1. The zero-order valence-corrected chi connectivity index (χ0v) is 63.1. The van der Waals surface area contributed by atoms with Gasteiger partial charge in [0.25, 0.3) is 6.71 Å². The quantitative estimate of drug-likeness (QED) is 0.134. The summed E-state index contributed by atoms with van der Waals surface area (Å²) in [7, 11) is 0. The minimum atomic E-state index is -0.176. The van der Waals surface area contributed by atoms with E-state index in [2.05, 4.69) is 398 Å². The van der Waals surface area contributed by atoms with E-state index in [1.807, 2.05) is 0 Å². The number of para-hydroxylation sites is 2. The minimum absolute atomic E-state index is 0.0379. The fraction of sp³-hybridized carbons (Fsp3) is 0.176. The smallest absolute Gasteiger partial charge is 0.252 e. The molecule has 0 spiro atoms. The molecule has 518 valence electrons. The van der Waals surface area contributed by atoms with Crippen LogP contribution in [-0.2, 0) is 27.1 Å². The molecule has 0 radical (unpaired) electrons. The van der Waals surface area contributed by atoms with E-state index in [1.165, 1.54) is 138 Å². The molecule has 14 aromatic carbocycles. The molecular formula is C102H87BN4. The fourth-order valence-electron chi connectivity index (χ4n) is 20.2. The second-order valence-corrected chi connectivity index (χ2v) is 34.8. The summed E-state index contributed by atoms with van der Waals surface area (Å²) < 4.78 is 5.07. The average Bonchev–Trinajstić information content (AvgIpc) is 1.27. The molecule has 0 unspecified atom stereocenters. The maximum absolute atomic E-state index is 2.63. The number of rotatable bonds is 9. The second-order valence-electron chi connectivity index (χ2n) is 34.8. The lowest BCUT2D eigenvalue weighted by Gasteiger charge is -2.44. The van der Waals surface area contributed by atoms with Crippen molar-refractivity contribution in [3.63, 3.8) is 0 Å². The summed E-state index contributed by atoms with van der Waals surface area (Å²) in [5.74, 6) is 0. The lowest BCUT2D eigenvalue weighted by atomic mass is 9.33. The van der Waals surface area contributed by atoms with Gasteiger partial charge in [-0.15, -0.1) is 0 Å². The van der Waals surface area contributed by atoms with Gasteiger partial charge in [0.1, 0.15) is 0 Å². The predicted octanol–water partition coefficient (Wildman–Crippen LogP) is 25.5. The highest BCUT2D eigenvalue weighted by atomic mass is 15.2. The first-order valence-corrected chi connectivity index (χ1v) is 38.5. The zero-order valence-electron chi connectivity index (χ0n) is 63.1. The van der Waals surface area contributed by atoms with Crippen molar-refractivity contribution >= 4 is 101 Å². The molecule has 2 aliphatic carbocycles. The van der Waals surface area contributed by atoms with Crippen LogP contribution in [0.1, 0.15) is 117 Å². The van der Waals surface area contributed by atoms with Crippen molar-refractivity contribution in [3.05, 3.63) is 331 Å². The van der Waals surface area contributed by atoms with E-state index >= 15 is 0 Å². The lowest BCUT2D eigenvalue weighted by Crippen LogP contribution is -2.61. The monoisotopic (exact) mass is 1380 g/mol. The van der Waals surface area contributed by atoms with Gasteiger partial charge in [0.15, 0.2) is 0 Å². The van der Waals surface area contributed by atoms with E-state index < -0.39 is 0 Å². The predicted molar refractivity (Wildman–Crippen MR) is 456 cm³/mol. The lowest BCUT2D eigenvalue weighted by molar-refractivity contribution is 0.402. The summed E-state index contributed by atoms with van der Waals surface area (Å²) in [6.45, 7) is 26.1. The third-order valence-electron chi connectivity index (χ3n) is 24.8. The number of anilines is 6. The minimum Gasteiger partial charge on any atom is -0.311 e. The Labute approximate surface area is 630 Å². The Morgan fingerprint density at radius 3 is 1.12 bits per heavy atom. The molecule has 16 aromatic rings. The zero-order chi connectivity index (χ0) is 72.8. The van der Waals surface area contributed by atoms with Crippen LogP contribution in [0.5, 0.6) is 0 Å². The summed E-state index contributed by atoms with van der Waals surface area (Å²) in [5.41, 5.74) is 37.0. The van der Waals surface area contributed by atoms with Crippen molar-refractivity contribution in [1.82, 2.24) is 9.13 Å². The Kier molecular flexibility index (Phi) is 14.2. The Bertz CT molecular complexity index is 6200. The van der Waals surface area contributed by atoms with Crippen LogP contribution in [0, 0.1) is 0 Å². The molecule has 2 aromatic heterocycles. The normalized spacial score (nSPS) is 15.6. The molecule has 0 atom stereocenters. The van der Waals surface area contributed by atoms with Gasteiger partial charge in [-0.1, -0.05) is 288 Å². The molecule has 20 rings (SSSR count). The van der Waals surface area contributed by atoms with E-state index in [1.54, 1.807) is 0 Å². The van der Waals surface area contributed by atoms with Crippen LogP contribution in [0.15, 0.2) is 303 Å². The number of benzene rings is 14. The molecule has 4 heterocycles. The molecule has 5 heteroatoms. The third-order valence-corrected chi connectivity index (χ3v) is 24.8. The van der Waals surface area contributed by atoms with Crippen LogP contribution in [-0.4, -0.2) is 15.8 Å². The first kappa shape index (κ1) is 64.9. The fourth-order valence-corrected chi connectivity index (χ4v) is 20.2. The summed E-state index contributed by atoms with van der Waals surface area (Å²) in [5, 5.41) is 4.88. The van der Waals surface area contributed by atoms with Crippen molar-refractivity contribution in [3.8, 4) is 67.0 Å². The topological polar surface area (TPSA) is 16.3 Å². The van der Waals surface area contributed by atoms with Crippen molar-refractivity contribution in [2.24, 2.45) is 0 Å². The van der Waals surface area contributed by atoms with Gasteiger partial charge < -0.3 is 18.9 Å². The highest BCUT2D eigenvalue weighted by Gasteiger charge is 2.46. The summed E-state index contributed by atoms with van der Waals surface area (Å²) in [4.78, 5) is 5.26. The van der Waals surface area contributed by atoms with Gasteiger partial charge in [-0.05, 0) is 231 Å². The van der Waals surface area contributed by atoms with Gasteiger partial charge in [0.2, 0.25) is 0 Å². The van der Waals surface area contributed by atoms with Gasteiger partial charge in [-0.25, -0.2) is 0 Å². The number of nitrogens with zero attached hydrogens (tertiary/aromatic N) is 4. The number of aromatic nitrogens is 2. The Morgan fingerprint density at radius 2 is 0.617 bits per heavy atom. The van der Waals surface area contributed by atoms with Crippen LogP contribution in [0.4, 0.5) is 34.1 Å². The maximum atomic E-state index is 2.63. The van der Waals surface area contributed by atoms with Gasteiger partial charge in [0.05, 0.1) is 27.8 Å². The van der Waals surface area contributed by atoms with Crippen LogP contribution in [0.2, 0.25) is 0 Å². The molecular weight excluding hydrogens is 1290 g/mol. The molecule has 107 heavy (non-hydrogen) atoms. The summed E-state index contributed by atoms with van der Waals surface area (Å²) in [6, 6.07) is 117. The highest BCUT2D eigenvalue weighted by Crippen LogP contribution is 2.54. The second kappa shape index (κ2) is 23.4. The molecule has 0 N–H and O–H groups in total. The summed E-state index contributed by atoms with van der Waals surface area (Å²) in [6.07, 6.45) is 2.25. The van der Waals surface area contributed by atoms with E-state index in [-0.39, 0.29) is 33.8 Å². The van der Waals surface area contributed by atoms with Crippen molar-refractivity contribution in [1.29, 1.82) is 0 Å². The number of hydrogen-bond donors (Lipinski definition) is 0. The standard InChI is InChI=1S/C102H87BN4/c1-98(2,3)74-28-22-27-68(53-74)73-39-49-87-93(58-73)104(75-42-33-66(34-43-75)71-37-47-83-85(56-71)101(8,9)62-99(83,4)5)95-60-78(107-89-31-20-18-29-79(89)80-30-19-21-32-90(80)107)61-96-97(95)103(87)88-50-46-77(59-94(88)105(96)76-44-35-67(36-45-76)72-38-48-84-86(57-72)102(10,11)63-100(84,6)7)106-91-51-40-69(64-23-14-12-15-24-64)54-81(91)82-55-70(41-52-92(82)106)65-25-16-13-17-26-65/h12-61H,62-63H2,1-11H3. The van der Waals surface area contributed by atoms with Crippen LogP contribution in [0.25, 0.3) is 111 Å². The molecule has 2 aliphatic heterocycles. The molecule has 0 fully saturated rings. The number of fused-ring (bicyclic) bond motifs is 12. The summed E-state index contributed by atoms with van der Waals surface area (Å²) >= 11 is 0. The Balaban J connectivity index is 0.862. The molecule has 0 saturated carbocycles. The molecule has 0 bridgehead atoms. The van der Waals surface area contributed by atoms with Crippen molar-refractivity contribution in [2.75, 3.05) is 9.80 Å². The average molecular weight is 1380 g/mol. The van der Waals surface area contributed by atoms with E-state index in [4.69, 9.17) is 0 Å². The van der Waals surface area contributed by atoms with Gasteiger partial charge in [-0.3, -0.25) is 0 Å². The van der Waals surface area contributed by atoms with Gasteiger partial charge >= 0.3 is 0 Å². The Morgan fingerprint density at radius 1 is 0.262 bits per heavy atom.